The highest BCUT2D eigenvalue weighted by molar-refractivity contribution is 5.78. The van der Waals surface area contributed by atoms with Crippen molar-refractivity contribution in [3.63, 3.8) is 0 Å². The number of hydrogen-bond acceptors (Lipinski definition) is 3. The smallest absolute Gasteiger partial charge is 0.221 e. The first-order valence-corrected chi connectivity index (χ1v) is 6.80. The van der Waals surface area contributed by atoms with Crippen LogP contribution in [0.4, 0.5) is 0 Å². The maximum Gasteiger partial charge on any atom is 0.221 e. The van der Waals surface area contributed by atoms with Gasteiger partial charge in [0.1, 0.15) is 0 Å². The minimum absolute atomic E-state index is 0.0156. The van der Waals surface area contributed by atoms with Gasteiger partial charge in [-0.05, 0) is 18.9 Å². The molecule has 0 saturated heterocycles. The van der Waals surface area contributed by atoms with Gasteiger partial charge in [-0.15, -0.1) is 0 Å². The Morgan fingerprint density at radius 2 is 1.61 bits per heavy atom. The molecule has 0 aromatic carbocycles. The van der Waals surface area contributed by atoms with Crippen LogP contribution in [0, 0.1) is 5.92 Å². The van der Waals surface area contributed by atoms with Gasteiger partial charge in [0.05, 0.1) is 0 Å². The lowest BCUT2D eigenvalue weighted by atomic mass is 10.1. The summed E-state index contributed by atoms with van der Waals surface area (Å²) >= 11 is 0. The van der Waals surface area contributed by atoms with Gasteiger partial charge in [0.15, 0.2) is 0 Å². The van der Waals surface area contributed by atoms with E-state index in [1.165, 1.54) is 0 Å². The third-order valence-corrected chi connectivity index (χ3v) is 2.32. The molecule has 0 fully saturated rings. The highest BCUT2D eigenvalue weighted by Gasteiger charge is 2.05. The molecule has 0 radical (unpaired) electrons. The molecule has 0 rings (SSSR count). The highest BCUT2D eigenvalue weighted by atomic mass is 16.2. The van der Waals surface area contributed by atoms with E-state index in [1.54, 1.807) is 0 Å². The van der Waals surface area contributed by atoms with Crippen molar-refractivity contribution in [1.29, 1.82) is 0 Å². The van der Waals surface area contributed by atoms with E-state index in [1.807, 2.05) is 13.8 Å². The average molecular weight is 257 g/mol. The molecule has 0 heterocycles. The second-order valence-corrected chi connectivity index (χ2v) is 4.80. The zero-order chi connectivity index (χ0) is 13.8. The first kappa shape index (κ1) is 16.9. The molecule has 0 spiro atoms. The summed E-state index contributed by atoms with van der Waals surface area (Å²) in [6.07, 6.45) is 1.95. The van der Waals surface area contributed by atoms with Crippen molar-refractivity contribution >= 4 is 11.8 Å². The van der Waals surface area contributed by atoms with Gasteiger partial charge in [-0.2, -0.15) is 0 Å². The zero-order valence-electron chi connectivity index (χ0n) is 11.8. The quantitative estimate of drug-likeness (QED) is 0.503. The van der Waals surface area contributed by atoms with Crippen molar-refractivity contribution in [2.45, 2.75) is 40.0 Å². The summed E-state index contributed by atoms with van der Waals surface area (Å²) in [6, 6.07) is 0. The number of amides is 2. The number of hydrogen-bond donors (Lipinski definition) is 3. The molecule has 5 nitrogen and oxygen atoms in total. The molecular formula is C13H27N3O2. The van der Waals surface area contributed by atoms with Crippen molar-refractivity contribution in [2.24, 2.45) is 5.92 Å². The van der Waals surface area contributed by atoms with Crippen LogP contribution in [0.2, 0.25) is 0 Å². The maximum atomic E-state index is 11.4. The van der Waals surface area contributed by atoms with Crippen LogP contribution in [0.25, 0.3) is 0 Å². The summed E-state index contributed by atoms with van der Waals surface area (Å²) in [7, 11) is 0. The molecule has 0 bridgehead atoms. The average Bonchev–Trinajstić information content (AvgIpc) is 2.27. The first-order valence-electron chi connectivity index (χ1n) is 6.80. The van der Waals surface area contributed by atoms with E-state index in [9.17, 15) is 9.59 Å². The fraction of sp³-hybridized carbons (Fsp3) is 0.846. The van der Waals surface area contributed by atoms with E-state index in [-0.39, 0.29) is 11.8 Å². The van der Waals surface area contributed by atoms with Crippen LogP contribution >= 0.6 is 0 Å². The molecule has 0 saturated carbocycles. The van der Waals surface area contributed by atoms with Crippen LogP contribution in [0.15, 0.2) is 0 Å². The summed E-state index contributed by atoms with van der Waals surface area (Å²) in [5.41, 5.74) is 0. The topological polar surface area (TPSA) is 70.2 Å². The molecule has 0 aromatic rings. The predicted molar refractivity (Wildman–Crippen MR) is 73.3 cm³/mol. The van der Waals surface area contributed by atoms with E-state index in [2.05, 4.69) is 22.9 Å². The van der Waals surface area contributed by atoms with Gasteiger partial charge < -0.3 is 16.0 Å². The molecule has 3 N–H and O–H groups in total. The third kappa shape index (κ3) is 11.4. The SMILES string of the molecule is CCCNCCNC(=O)CCNC(=O)CC(C)C. The first-order chi connectivity index (χ1) is 8.56. The molecule has 0 aromatic heterocycles. The van der Waals surface area contributed by atoms with Gasteiger partial charge >= 0.3 is 0 Å². The Hall–Kier alpha value is -1.10. The summed E-state index contributed by atoms with van der Waals surface area (Å²) in [4.78, 5) is 22.7. The standard InChI is InChI=1S/C13H27N3O2/c1-4-6-14-8-9-16-12(17)5-7-15-13(18)10-11(2)3/h11,14H,4-10H2,1-3H3,(H,15,18)(H,16,17). The highest BCUT2D eigenvalue weighted by Crippen LogP contribution is 1.97. The van der Waals surface area contributed by atoms with E-state index >= 15 is 0 Å². The van der Waals surface area contributed by atoms with Gasteiger partial charge in [-0.25, -0.2) is 0 Å². The Balaban J connectivity index is 3.39. The van der Waals surface area contributed by atoms with E-state index in [0.717, 1.165) is 19.5 Å². The molecule has 0 atom stereocenters. The summed E-state index contributed by atoms with van der Waals surface area (Å²) < 4.78 is 0. The predicted octanol–water partition coefficient (Wildman–Crippen LogP) is 0.655. The van der Waals surface area contributed by atoms with Gasteiger partial charge in [-0.1, -0.05) is 20.8 Å². The Kier molecular flexibility index (Phi) is 10.3. The molecule has 0 aliphatic carbocycles. The number of nitrogens with one attached hydrogen (secondary N) is 3. The van der Waals surface area contributed by atoms with Crippen LogP contribution in [0.5, 0.6) is 0 Å². The van der Waals surface area contributed by atoms with E-state index in [4.69, 9.17) is 0 Å². The lowest BCUT2D eigenvalue weighted by Crippen LogP contribution is -2.34. The van der Waals surface area contributed by atoms with Gasteiger partial charge in [0.2, 0.25) is 11.8 Å². The van der Waals surface area contributed by atoms with Crippen LogP contribution in [0.1, 0.15) is 40.0 Å². The fourth-order valence-corrected chi connectivity index (χ4v) is 1.44. The van der Waals surface area contributed by atoms with Crippen LogP contribution in [0.3, 0.4) is 0 Å². The second kappa shape index (κ2) is 11.0. The third-order valence-electron chi connectivity index (χ3n) is 2.32. The number of carbonyl (C=O) groups is 2. The Morgan fingerprint density at radius 3 is 2.22 bits per heavy atom. The van der Waals surface area contributed by atoms with Crippen LogP contribution in [-0.2, 0) is 9.59 Å². The Bertz CT molecular complexity index is 242. The van der Waals surface area contributed by atoms with Crippen molar-refractivity contribution in [3.8, 4) is 0 Å². The lowest BCUT2D eigenvalue weighted by molar-refractivity contribution is -0.122. The van der Waals surface area contributed by atoms with Crippen LogP contribution < -0.4 is 16.0 Å². The molecule has 0 unspecified atom stereocenters. The molecular weight excluding hydrogens is 230 g/mol. The lowest BCUT2D eigenvalue weighted by Gasteiger charge is -2.08. The molecule has 0 aliphatic rings. The van der Waals surface area contributed by atoms with Gasteiger partial charge in [0.25, 0.3) is 0 Å². The molecule has 0 aliphatic heterocycles. The second-order valence-electron chi connectivity index (χ2n) is 4.80. The minimum Gasteiger partial charge on any atom is -0.356 e. The summed E-state index contributed by atoms with van der Waals surface area (Å²) in [5, 5.41) is 8.75. The summed E-state index contributed by atoms with van der Waals surface area (Å²) in [6.45, 7) is 8.91. The fourth-order valence-electron chi connectivity index (χ4n) is 1.44. The molecule has 106 valence electrons. The van der Waals surface area contributed by atoms with E-state index < -0.39 is 0 Å². The Labute approximate surface area is 110 Å². The number of rotatable bonds is 10. The number of carbonyl (C=O) groups excluding carboxylic acids is 2. The normalized spacial score (nSPS) is 10.4. The summed E-state index contributed by atoms with van der Waals surface area (Å²) in [5.74, 6) is 0.351. The molecule has 18 heavy (non-hydrogen) atoms. The van der Waals surface area contributed by atoms with Crippen molar-refractivity contribution < 1.29 is 9.59 Å². The van der Waals surface area contributed by atoms with Gasteiger partial charge in [0, 0.05) is 32.5 Å². The van der Waals surface area contributed by atoms with Crippen LogP contribution in [-0.4, -0.2) is 38.0 Å². The monoisotopic (exact) mass is 257 g/mol. The van der Waals surface area contributed by atoms with E-state index in [0.29, 0.717) is 31.8 Å². The van der Waals surface area contributed by atoms with Crippen molar-refractivity contribution in [3.05, 3.63) is 0 Å². The minimum atomic E-state index is -0.0156. The van der Waals surface area contributed by atoms with Gasteiger partial charge in [-0.3, -0.25) is 9.59 Å². The molecule has 2 amide bonds. The zero-order valence-corrected chi connectivity index (χ0v) is 11.8. The largest absolute Gasteiger partial charge is 0.356 e. The molecule has 5 heteroatoms. The Morgan fingerprint density at radius 1 is 0.944 bits per heavy atom. The maximum absolute atomic E-state index is 11.4. The van der Waals surface area contributed by atoms with Crippen molar-refractivity contribution in [2.75, 3.05) is 26.2 Å². The van der Waals surface area contributed by atoms with Crippen molar-refractivity contribution in [1.82, 2.24) is 16.0 Å².